The average molecular weight is 462 g/mol. The van der Waals surface area contributed by atoms with Crippen LogP contribution in [0.15, 0.2) is 53.4 Å². The lowest BCUT2D eigenvalue weighted by atomic mass is 10.2. The van der Waals surface area contributed by atoms with Gasteiger partial charge in [0, 0.05) is 25.0 Å². The van der Waals surface area contributed by atoms with Crippen LogP contribution in [0.4, 0.5) is 5.69 Å². The van der Waals surface area contributed by atoms with Crippen molar-refractivity contribution >= 4 is 21.4 Å². The Morgan fingerprint density at radius 1 is 0.969 bits per heavy atom. The van der Waals surface area contributed by atoms with Crippen LogP contribution in [-0.2, 0) is 27.8 Å². The van der Waals surface area contributed by atoms with Crippen LogP contribution in [0.25, 0.3) is 0 Å². The highest BCUT2D eigenvalue weighted by Gasteiger charge is 2.14. The van der Waals surface area contributed by atoms with Gasteiger partial charge in [-0.05, 0) is 61.4 Å². The highest BCUT2D eigenvalue weighted by Crippen LogP contribution is 2.14. The maximum absolute atomic E-state index is 12.7. The van der Waals surface area contributed by atoms with Gasteiger partial charge in [0.05, 0.1) is 18.0 Å². The molecule has 0 saturated heterocycles. The molecule has 0 aromatic heterocycles. The van der Waals surface area contributed by atoms with E-state index in [9.17, 15) is 18.3 Å². The standard InChI is InChI=1S/C24H35N3O4S/c1-4-26(5-2)14-7-15-27(17-20-10-12-23(13-11-20)32(3,30)31)18-24(29)25-22-9-6-8-21(16-22)19-28/h6,8-13,16,28H,4-5,7,14-15,17-19H2,1-3H3,(H,25,29). The second-order valence-corrected chi connectivity index (χ2v) is 9.93. The van der Waals surface area contributed by atoms with E-state index in [-0.39, 0.29) is 24.0 Å². The van der Waals surface area contributed by atoms with E-state index in [0.29, 0.717) is 12.2 Å². The molecule has 2 aromatic rings. The Hall–Kier alpha value is -2.26. The molecule has 0 unspecified atom stereocenters. The van der Waals surface area contributed by atoms with Crippen molar-refractivity contribution < 1.29 is 18.3 Å². The molecule has 0 aliphatic rings. The van der Waals surface area contributed by atoms with E-state index in [0.717, 1.165) is 43.7 Å². The van der Waals surface area contributed by atoms with Gasteiger partial charge in [0.25, 0.3) is 0 Å². The van der Waals surface area contributed by atoms with Gasteiger partial charge in [0.15, 0.2) is 9.84 Å². The smallest absolute Gasteiger partial charge is 0.238 e. The summed E-state index contributed by atoms with van der Waals surface area (Å²) in [6.45, 7) is 8.64. The van der Waals surface area contributed by atoms with Gasteiger partial charge in [0.1, 0.15) is 0 Å². The molecule has 0 fully saturated rings. The summed E-state index contributed by atoms with van der Waals surface area (Å²) in [5.41, 5.74) is 2.35. The van der Waals surface area contributed by atoms with Crippen LogP contribution >= 0.6 is 0 Å². The number of anilines is 1. The number of benzene rings is 2. The molecule has 2 N–H and O–H groups in total. The fraction of sp³-hybridized carbons (Fsp3) is 0.458. The predicted molar refractivity (Wildman–Crippen MR) is 128 cm³/mol. The summed E-state index contributed by atoms with van der Waals surface area (Å²) in [5.74, 6) is -0.129. The molecule has 32 heavy (non-hydrogen) atoms. The van der Waals surface area contributed by atoms with Crippen molar-refractivity contribution in [2.45, 2.75) is 38.3 Å². The Bertz CT molecular complexity index is 957. The van der Waals surface area contributed by atoms with Gasteiger partial charge >= 0.3 is 0 Å². The van der Waals surface area contributed by atoms with Crippen LogP contribution in [0.3, 0.4) is 0 Å². The van der Waals surface area contributed by atoms with Crippen LogP contribution in [0.2, 0.25) is 0 Å². The quantitative estimate of drug-likeness (QED) is 0.477. The number of hydrogen-bond donors (Lipinski definition) is 2. The summed E-state index contributed by atoms with van der Waals surface area (Å²) >= 11 is 0. The number of carbonyl (C=O) groups excluding carboxylic acids is 1. The highest BCUT2D eigenvalue weighted by molar-refractivity contribution is 7.90. The lowest BCUT2D eigenvalue weighted by Gasteiger charge is -2.24. The molecular formula is C24H35N3O4S. The van der Waals surface area contributed by atoms with Crippen molar-refractivity contribution in [2.75, 3.05) is 44.3 Å². The Labute approximate surface area is 192 Å². The summed E-state index contributed by atoms with van der Waals surface area (Å²) < 4.78 is 23.4. The van der Waals surface area contributed by atoms with Crippen molar-refractivity contribution in [1.82, 2.24) is 9.80 Å². The average Bonchev–Trinajstić information content (AvgIpc) is 2.76. The van der Waals surface area contributed by atoms with E-state index in [4.69, 9.17) is 0 Å². The maximum Gasteiger partial charge on any atom is 0.238 e. The SMILES string of the molecule is CCN(CC)CCCN(CC(=O)Nc1cccc(CO)c1)Cc1ccc(S(C)(=O)=O)cc1. The fourth-order valence-corrected chi connectivity index (χ4v) is 4.15. The molecule has 0 aliphatic heterocycles. The molecule has 2 rings (SSSR count). The first-order valence-corrected chi connectivity index (χ1v) is 12.9. The molecule has 0 radical (unpaired) electrons. The zero-order chi connectivity index (χ0) is 23.6. The lowest BCUT2D eigenvalue weighted by molar-refractivity contribution is -0.117. The lowest BCUT2D eigenvalue weighted by Crippen LogP contribution is -2.35. The number of sulfone groups is 1. The van der Waals surface area contributed by atoms with Crippen LogP contribution in [0, 0.1) is 0 Å². The van der Waals surface area contributed by atoms with Crippen molar-refractivity contribution in [3.8, 4) is 0 Å². The van der Waals surface area contributed by atoms with Gasteiger partial charge in [-0.1, -0.05) is 38.1 Å². The first-order valence-electron chi connectivity index (χ1n) is 11.0. The summed E-state index contributed by atoms with van der Waals surface area (Å²) in [5, 5.41) is 12.2. The third-order valence-electron chi connectivity index (χ3n) is 5.36. The molecule has 176 valence electrons. The monoisotopic (exact) mass is 461 g/mol. The summed E-state index contributed by atoms with van der Waals surface area (Å²) in [6, 6.07) is 14.0. The number of amides is 1. The number of aliphatic hydroxyl groups excluding tert-OH is 1. The van der Waals surface area contributed by atoms with Crippen molar-refractivity contribution in [3.63, 3.8) is 0 Å². The number of hydrogen-bond acceptors (Lipinski definition) is 6. The minimum atomic E-state index is -3.24. The number of nitrogens with zero attached hydrogens (tertiary/aromatic N) is 2. The second kappa shape index (κ2) is 12.7. The summed E-state index contributed by atoms with van der Waals surface area (Å²) in [6.07, 6.45) is 2.12. The van der Waals surface area contributed by atoms with Crippen molar-refractivity contribution in [2.24, 2.45) is 0 Å². The van der Waals surface area contributed by atoms with E-state index in [1.165, 1.54) is 6.26 Å². The van der Waals surface area contributed by atoms with Gasteiger partial charge in [0.2, 0.25) is 5.91 Å². The first kappa shape index (κ1) is 26.0. The van der Waals surface area contributed by atoms with Crippen LogP contribution < -0.4 is 5.32 Å². The van der Waals surface area contributed by atoms with E-state index < -0.39 is 9.84 Å². The molecule has 0 bridgehead atoms. The Morgan fingerprint density at radius 3 is 2.22 bits per heavy atom. The zero-order valence-corrected chi connectivity index (χ0v) is 20.1. The number of carbonyl (C=O) groups is 1. The molecular weight excluding hydrogens is 426 g/mol. The summed E-state index contributed by atoms with van der Waals surface area (Å²) in [7, 11) is -3.24. The summed E-state index contributed by atoms with van der Waals surface area (Å²) in [4.78, 5) is 17.4. The molecule has 1 amide bonds. The van der Waals surface area contributed by atoms with Gasteiger partial charge in [-0.25, -0.2) is 8.42 Å². The molecule has 8 heteroatoms. The second-order valence-electron chi connectivity index (χ2n) is 7.91. The van der Waals surface area contributed by atoms with E-state index in [1.54, 1.807) is 48.5 Å². The Kier molecular flexibility index (Phi) is 10.3. The van der Waals surface area contributed by atoms with Crippen LogP contribution in [0.5, 0.6) is 0 Å². The van der Waals surface area contributed by atoms with Gasteiger partial charge in [-0.2, -0.15) is 0 Å². The first-order chi connectivity index (χ1) is 15.2. The minimum Gasteiger partial charge on any atom is -0.392 e. The predicted octanol–water partition coefficient (Wildman–Crippen LogP) is 2.76. The largest absolute Gasteiger partial charge is 0.392 e. The van der Waals surface area contributed by atoms with Crippen LogP contribution in [0.1, 0.15) is 31.4 Å². The van der Waals surface area contributed by atoms with Gasteiger partial charge in [-0.3, -0.25) is 9.69 Å². The zero-order valence-electron chi connectivity index (χ0n) is 19.3. The fourth-order valence-electron chi connectivity index (χ4n) is 3.52. The molecule has 0 saturated carbocycles. The number of nitrogens with one attached hydrogen (secondary N) is 1. The number of aliphatic hydroxyl groups is 1. The third kappa shape index (κ3) is 8.70. The Balaban J connectivity index is 2.06. The topological polar surface area (TPSA) is 89.9 Å². The normalized spacial score (nSPS) is 11.8. The molecule has 2 aromatic carbocycles. The van der Waals surface area contributed by atoms with Gasteiger partial charge in [-0.15, -0.1) is 0 Å². The van der Waals surface area contributed by atoms with Crippen molar-refractivity contribution in [1.29, 1.82) is 0 Å². The van der Waals surface area contributed by atoms with Gasteiger partial charge < -0.3 is 15.3 Å². The maximum atomic E-state index is 12.7. The van der Waals surface area contributed by atoms with E-state index in [1.807, 2.05) is 0 Å². The third-order valence-corrected chi connectivity index (χ3v) is 6.49. The molecule has 7 nitrogen and oxygen atoms in total. The highest BCUT2D eigenvalue weighted by atomic mass is 32.2. The van der Waals surface area contributed by atoms with Crippen LogP contribution in [-0.4, -0.2) is 68.2 Å². The number of rotatable bonds is 13. The van der Waals surface area contributed by atoms with E-state index in [2.05, 4.69) is 29.0 Å². The van der Waals surface area contributed by atoms with E-state index >= 15 is 0 Å². The minimum absolute atomic E-state index is 0.0787. The molecule has 0 heterocycles. The molecule has 0 atom stereocenters. The molecule has 0 aliphatic carbocycles. The molecule has 0 spiro atoms. The Morgan fingerprint density at radius 2 is 1.62 bits per heavy atom. The van der Waals surface area contributed by atoms with Crippen molar-refractivity contribution in [3.05, 3.63) is 59.7 Å².